The molecule has 5 heteroatoms. The van der Waals surface area contributed by atoms with E-state index in [4.69, 9.17) is 0 Å². The van der Waals surface area contributed by atoms with E-state index in [1.165, 1.54) is 11.5 Å². The van der Waals surface area contributed by atoms with E-state index >= 15 is 0 Å². The molecule has 23 heavy (non-hydrogen) atoms. The fourth-order valence-corrected chi connectivity index (χ4v) is 2.37. The van der Waals surface area contributed by atoms with Gasteiger partial charge in [-0.1, -0.05) is 17.6 Å². The van der Waals surface area contributed by atoms with E-state index in [-0.39, 0.29) is 21.1 Å². The van der Waals surface area contributed by atoms with Gasteiger partial charge in [-0.3, -0.25) is 4.68 Å². The zero-order chi connectivity index (χ0) is 15.0. The minimum absolute atomic E-state index is 0. The number of aromatic nitrogens is 3. The second-order valence-corrected chi connectivity index (χ2v) is 5.02. The van der Waals surface area contributed by atoms with Crippen molar-refractivity contribution in [3.63, 3.8) is 0 Å². The molecule has 0 N–H and O–H groups in total. The Morgan fingerprint density at radius 1 is 0.913 bits per heavy atom. The van der Waals surface area contributed by atoms with Gasteiger partial charge in [0.2, 0.25) is 0 Å². The molecule has 2 heterocycles. The molecule has 2 aromatic carbocycles. The molecular weight excluding hydrogens is 485 g/mol. The molecule has 0 atom stereocenters. The second-order valence-electron chi connectivity index (χ2n) is 4.36. The first-order chi connectivity index (χ1) is 10.9. The molecule has 3 nitrogen and oxygen atoms in total. The van der Waals surface area contributed by atoms with Crippen LogP contribution in [0.3, 0.4) is 0 Å². The van der Waals surface area contributed by atoms with E-state index in [1.807, 2.05) is 72.2 Å². The summed E-state index contributed by atoms with van der Waals surface area (Å²) in [6.07, 6.45) is 3.65. The van der Waals surface area contributed by atoms with Crippen molar-refractivity contribution in [2.45, 2.75) is 0 Å². The van der Waals surface area contributed by atoms with Gasteiger partial charge < -0.3 is 0 Å². The van der Waals surface area contributed by atoms with E-state index < -0.39 is 0 Å². The number of hydrogen-bond acceptors (Lipinski definition) is 3. The van der Waals surface area contributed by atoms with Gasteiger partial charge in [0.05, 0.1) is 0 Å². The van der Waals surface area contributed by atoms with Crippen LogP contribution in [0, 0.1) is 12.1 Å². The summed E-state index contributed by atoms with van der Waals surface area (Å²) in [7, 11) is 0. The van der Waals surface area contributed by atoms with Crippen LogP contribution >= 0.6 is 11.5 Å². The molecule has 0 amide bonds. The number of nitrogens with zero attached hydrogens (tertiary/aromatic N) is 3. The maximum Gasteiger partial charge on any atom is 2.00 e. The van der Waals surface area contributed by atoms with E-state index in [2.05, 4.69) is 21.6 Å². The molecule has 0 fully saturated rings. The van der Waals surface area contributed by atoms with E-state index in [0.717, 1.165) is 16.9 Å². The van der Waals surface area contributed by atoms with Gasteiger partial charge in [0, 0.05) is 23.5 Å². The van der Waals surface area contributed by atoms with Crippen LogP contribution in [0.15, 0.2) is 78.4 Å². The monoisotopic (exact) mass is 498 g/mol. The summed E-state index contributed by atoms with van der Waals surface area (Å²) in [6, 6.07) is 25.7. The van der Waals surface area contributed by atoms with Gasteiger partial charge in [-0.2, -0.15) is 29.4 Å². The Kier molecular flexibility index (Phi) is 6.92. The smallest absolute Gasteiger partial charge is 0.266 e. The van der Waals surface area contributed by atoms with Crippen LogP contribution < -0.4 is 0 Å². The van der Waals surface area contributed by atoms with Gasteiger partial charge >= 0.3 is 21.1 Å². The van der Waals surface area contributed by atoms with Gasteiger partial charge in [0.25, 0.3) is 0 Å². The Bertz CT molecular complexity index is 700. The van der Waals surface area contributed by atoms with E-state index in [9.17, 15) is 0 Å². The number of benzene rings is 2. The summed E-state index contributed by atoms with van der Waals surface area (Å²) in [5, 5.41) is 6.04. The van der Waals surface area contributed by atoms with E-state index in [1.54, 1.807) is 10.9 Å². The van der Waals surface area contributed by atoms with Gasteiger partial charge in [-0.25, -0.2) is 4.37 Å². The van der Waals surface area contributed by atoms with Crippen LogP contribution in [0.4, 0.5) is 0 Å². The first-order valence-electron chi connectivity index (χ1n) is 6.78. The summed E-state index contributed by atoms with van der Waals surface area (Å²) in [4.78, 5) is 0. The van der Waals surface area contributed by atoms with Crippen molar-refractivity contribution in [3.05, 3.63) is 90.6 Å². The quantitative estimate of drug-likeness (QED) is 0.387. The fourth-order valence-electron chi connectivity index (χ4n) is 1.84. The zero-order valence-corrected chi connectivity index (χ0v) is 15.2. The average Bonchev–Trinajstić information content (AvgIpc) is 3.31. The Labute approximate surface area is 154 Å². The van der Waals surface area contributed by atoms with Crippen molar-refractivity contribution in [2.24, 2.45) is 0 Å². The molecule has 0 aliphatic carbocycles. The molecule has 4 rings (SSSR count). The van der Waals surface area contributed by atoms with Crippen LogP contribution in [0.5, 0.6) is 0 Å². The SMILES string of the molecule is [Pt+2].[c-]1ccccc1-c1ccsn1.[c-]1ccccc1-n1cccn1. The Hall–Kier alpha value is -2.03. The van der Waals surface area contributed by atoms with Crippen molar-refractivity contribution in [1.82, 2.24) is 14.2 Å². The molecule has 0 saturated carbocycles. The number of hydrogen-bond donors (Lipinski definition) is 0. The van der Waals surface area contributed by atoms with Crippen LogP contribution in [0.2, 0.25) is 0 Å². The summed E-state index contributed by atoms with van der Waals surface area (Å²) >= 11 is 1.46. The minimum Gasteiger partial charge on any atom is -0.266 e. The standard InChI is InChI=1S/C9H7N2.C9H6NS.Pt/c1-2-5-9(6-3-1)11-8-4-7-10-11;1-2-4-8(5-3-1)9-6-7-11-10-9;/h1-5,7-8H;1-4,6-7H;/q2*-1;+2. The summed E-state index contributed by atoms with van der Waals surface area (Å²) in [6.45, 7) is 0. The molecule has 116 valence electrons. The maximum atomic E-state index is 4.20. The third-order valence-electron chi connectivity index (χ3n) is 2.87. The van der Waals surface area contributed by atoms with E-state index in [0.29, 0.717) is 0 Å². The molecule has 0 unspecified atom stereocenters. The van der Waals surface area contributed by atoms with Crippen molar-refractivity contribution in [1.29, 1.82) is 0 Å². The Balaban J connectivity index is 0.000000160. The predicted molar refractivity (Wildman–Crippen MR) is 88.8 cm³/mol. The zero-order valence-electron chi connectivity index (χ0n) is 12.1. The third kappa shape index (κ3) is 4.98. The van der Waals surface area contributed by atoms with Gasteiger partial charge in [-0.05, 0) is 11.8 Å². The molecule has 0 aliphatic heterocycles. The predicted octanol–water partition coefficient (Wildman–Crippen LogP) is 4.28. The second kappa shape index (κ2) is 9.18. The van der Waals surface area contributed by atoms with Gasteiger partial charge in [0.15, 0.2) is 0 Å². The first kappa shape index (κ1) is 17.3. The fraction of sp³-hybridized carbons (Fsp3) is 0. The Morgan fingerprint density at radius 2 is 1.74 bits per heavy atom. The average molecular weight is 498 g/mol. The molecule has 4 aromatic rings. The van der Waals surface area contributed by atoms with Crippen molar-refractivity contribution < 1.29 is 21.1 Å². The van der Waals surface area contributed by atoms with Crippen molar-refractivity contribution in [3.8, 4) is 16.9 Å². The molecular formula is C18H13N3PtS. The summed E-state index contributed by atoms with van der Waals surface area (Å²) in [5.41, 5.74) is 3.04. The topological polar surface area (TPSA) is 30.7 Å². The number of rotatable bonds is 2. The largest absolute Gasteiger partial charge is 2.00 e. The molecule has 0 radical (unpaired) electrons. The van der Waals surface area contributed by atoms with Crippen LogP contribution in [0.1, 0.15) is 0 Å². The maximum absolute atomic E-state index is 4.20. The third-order valence-corrected chi connectivity index (χ3v) is 3.43. The normalized spacial score (nSPS) is 9.39. The minimum atomic E-state index is 0. The molecule has 0 aliphatic rings. The first-order valence-corrected chi connectivity index (χ1v) is 7.61. The molecule has 2 aromatic heterocycles. The molecule has 0 saturated heterocycles. The molecule has 0 spiro atoms. The van der Waals surface area contributed by atoms with Gasteiger partial charge in [-0.15, -0.1) is 42.0 Å². The summed E-state index contributed by atoms with van der Waals surface area (Å²) < 4.78 is 5.97. The van der Waals surface area contributed by atoms with Gasteiger partial charge in [0.1, 0.15) is 0 Å². The van der Waals surface area contributed by atoms with Crippen molar-refractivity contribution in [2.75, 3.05) is 0 Å². The number of para-hydroxylation sites is 1. The van der Waals surface area contributed by atoms with Crippen LogP contribution in [-0.2, 0) is 21.1 Å². The van der Waals surface area contributed by atoms with Crippen molar-refractivity contribution >= 4 is 11.5 Å². The molecule has 0 bridgehead atoms. The van der Waals surface area contributed by atoms with Crippen LogP contribution in [-0.4, -0.2) is 14.2 Å². The van der Waals surface area contributed by atoms with Crippen LogP contribution in [0.25, 0.3) is 16.9 Å². The summed E-state index contributed by atoms with van der Waals surface area (Å²) in [5.74, 6) is 0. The Morgan fingerprint density at radius 3 is 2.30 bits per heavy atom.